The zero-order valence-electron chi connectivity index (χ0n) is 11.3. The molecule has 4 heteroatoms. The second-order valence-electron chi connectivity index (χ2n) is 4.85. The van der Waals surface area contributed by atoms with Gasteiger partial charge >= 0.3 is 0 Å². The third kappa shape index (κ3) is 4.32. The minimum absolute atomic E-state index is 0.138. The Bertz CT molecular complexity index is 569. The predicted octanol–water partition coefficient (Wildman–Crippen LogP) is 4.06. The summed E-state index contributed by atoms with van der Waals surface area (Å²) in [7, 11) is 0. The molecule has 0 aliphatic rings. The van der Waals surface area contributed by atoms with Gasteiger partial charge < -0.3 is 10.5 Å². The Morgan fingerprint density at radius 3 is 2.50 bits per heavy atom. The minimum Gasteiger partial charge on any atom is -0.489 e. The van der Waals surface area contributed by atoms with Crippen molar-refractivity contribution < 1.29 is 9.13 Å². The van der Waals surface area contributed by atoms with Crippen LogP contribution in [0.15, 0.2) is 46.9 Å². The van der Waals surface area contributed by atoms with Crippen LogP contribution in [0.25, 0.3) is 0 Å². The van der Waals surface area contributed by atoms with E-state index in [0.29, 0.717) is 5.56 Å². The van der Waals surface area contributed by atoms with Gasteiger partial charge in [0.25, 0.3) is 0 Å². The van der Waals surface area contributed by atoms with Crippen molar-refractivity contribution in [3.8, 4) is 5.75 Å². The zero-order valence-corrected chi connectivity index (χ0v) is 12.9. The van der Waals surface area contributed by atoms with Crippen LogP contribution in [0.2, 0.25) is 0 Å². The molecule has 0 aliphatic heterocycles. The molecule has 2 nitrogen and oxygen atoms in total. The monoisotopic (exact) mass is 337 g/mol. The van der Waals surface area contributed by atoms with Gasteiger partial charge in [0.15, 0.2) is 0 Å². The fourth-order valence-electron chi connectivity index (χ4n) is 1.89. The third-order valence-electron chi connectivity index (χ3n) is 2.89. The number of hydrogen-bond acceptors (Lipinski definition) is 2. The van der Waals surface area contributed by atoms with Gasteiger partial charge in [0.2, 0.25) is 0 Å². The molecule has 20 heavy (non-hydrogen) atoms. The van der Waals surface area contributed by atoms with E-state index in [1.54, 1.807) is 12.1 Å². The van der Waals surface area contributed by atoms with Gasteiger partial charge in [-0.05, 0) is 43.2 Å². The molecule has 106 valence electrons. The summed E-state index contributed by atoms with van der Waals surface area (Å²) >= 11 is 3.23. The first-order chi connectivity index (χ1) is 9.54. The molecule has 2 N–H and O–H groups in total. The van der Waals surface area contributed by atoms with Gasteiger partial charge in [-0.15, -0.1) is 0 Å². The molecule has 0 spiro atoms. The Labute approximate surface area is 126 Å². The van der Waals surface area contributed by atoms with Gasteiger partial charge in [0.05, 0.1) is 0 Å². The van der Waals surface area contributed by atoms with Gasteiger partial charge in [-0.1, -0.05) is 34.1 Å². The summed E-state index contributed by atoms with van der Waals surface area (Å²) in [5.74, 6) is 0.452. The molecule has 0 amide bonds. The Morgan fingerprint density at radius 1 is 1.20 bits per heavy atom. The number of benzene rings is 2. The lowest BCUT2D eigenvalue weighted by atomic mass is 10.1. The van der Waals surface area contributed by atoms with E-state index in [1.165, 1.54) is 11.6 Å². The van der Waals surface area contributed by atoms with Gasteiger partial charge in [-0.3, -0.25) is 0 Å². The fraction of sp³-hybridized carbons (Fsp3) is 0.250. The van der Waals surface area contributed by atoms with Crippen LogP contribution in [0.4, 0.5) is 4.39 Å². The molecule has 0 radical (unpaired) electrons. The van der Waals surface area contributed by atoms with Crippen molar-refractivity contribution in [1.29, 1.82) is 0 Å². The van der Waals surface area contributed by atoms with Crippen LogP contribution in [0.3, 0.4) is 0 Å². The summed E-state index contributed by atoms with van der Waals surface area (Å²) in [6.45, 7) is 2.19. The quantitative estimate of drug-likeness (QED) is 0.892. The molecular weight excluding hydrogens is 321 g/mol. The average molecular weight is 338 g/mol. The van der Waals surface area contributed by atoms with E-state index in [1.807, 2.05) is 31.2 Å². The normalized spacial score (nSPS) is 12.2. The maximum Gasteiger partial charge on any atom is 0.130 e. The van der Waals surface area contributed by atoms with Crippen LogP contribution >= 0.6 is 15.9 Å². The van der Waals surface area contributed by atoms with Crippen molar-refractivity contribution in [2.75, 3.05) is 0 Å². The summed E-state index contributed by atoms with van der Waals surface area (Å²) in [6, 6.07) is 12.8. The standard InChI is InChI=1S/C16H17BrFNO/c1-11(19)8-12-2-6-15(7-3-12)20-10-13-4-5-14(17)9-16(13)18/h2-7,9,11H,8,10,19H2,1H3. The van der Waals surface area contributed by atoms with Crippen LogP contribution < -0.4 is 10.5 Å². The second-order valence-corrected chi connectivity index (χ2v) is 5.77. The number of ether oxygens (including phenoxy) is 1. The maximum atomic E-state index is 13.6. The maximum absolute atomic E-state index is 13.6. The first-order valence-electron chi connectivity index (χ1n) is 6.46. The highest BCUT2D eigenvalue weighted by Gasteiger charge is 2.04. The smallest absolute Gasteiger partial charge is 0.130 e. The Morgan fingerprint density at radius 2 is 1.90 bits per heavy atom. The average Bonchev–Trinajstić information content (AvgIpc) is 2.39. The van der Waals surface area contributed by atoms with Crippen LogP contribution in [0.1, 0.15) is 18.1 Å². The molecule has 0 bridgehead atoms. The highest BCUT2D eigenvalue weighted by atomic mass is 79.9. The van der Waals surface area contributed by atoms with E-state index in [-0.39, 0.29) is 18.5 Å². The first kappa shape index (κ1) is 15.0. The lowest BCUT2D eigenvalue weighted by Crippen LogP contribution is -2.17. The summed E-state index contributed by atoms with van der Waals surface area (Å²) in [6.07, 6.45) is 0.835. The summed E-state index contributed by atoms with van der Waals surface area (Å²) in [4.78, 5) is 0. The van der Waals surface area contributed by atoms with Crippen molar-refractivity contribution in [2.24, 2.45) is 5.73 Å². The zero-order chi connectivity index (χ0) is 14.5. The lowest BCUT2D eigenvalue weighted by molar-refractivity contribution is 0.299. The molecule has 1 unspecified atom stereocenters. The summed E-state index contributed by atoms with van der Waals surface area (Å²) < 4.78 is 19.9. The van der Waals surface area contributed by atoms with E-state index < -0.39 is 0 Å². The third-order valence-corrected chi connectivity index (χ3v) is 3.38. The molecule has 0 saturated carbocycles. The minimum atomic E-state index is -0.270. The number of rotatable bonds is 5. The lowest BCUT2D eigenvalue weighted by Gasteiger charge is -2.09. The van der Waals surface area contributed by atoms with E-state index in [2.05, 4.69) is 15.9 Å². The van der Waals surface area contributed by atoms with E-state index in [9.17, 15) is 4.39 Å². The Hall–Kier alpha value is -1.39. The highest BCUT2D eigenvalue weighted by Crippen LogP contribution is 2.18. The highest BCUT2D eigenvalue weighted by molar-refractivity contribution is 9.10. The first-order valence-corrected chi connectivity index (χ1v) is 7.25. The van der Waals surface area contributed by atoms with Crippen molar-refractivity contribution in [3.63, 3.8) is 0 Å². The molecular formula is C16H17BrFNO. The van der Waals surface area contributed by atoms with Crippen molar-refractivity contribution >= 4 is 15.9 Å². The van der Waals surface area contributed by atoms with E-state index in [4.69, 9.17) is 10.5 Å². The van der Waals surface area contributed by atoms with E-state index >= 15 is 0 Å². The molecule has 2 aromatic carbocycles. The molecule has 2 aromatic rings. The van der Waals surface area contributed by atoms with Crippen LogP contribution in [-0.2, 0) is 13.0 Å². The molecule has 2 rings (SSSR count). The Kier molecular flexibility index (Phi) is 5.15. The largest absolute Gasteiger partial charge is 0.489 e. The molecule has 0 aromatic heterocycles. The summed E-state index contributed by atoms with van der Waals surface area (Å²) in [5.41, 5.74) is 7.45. The predicted molar refractivity (Wildman–Crippen MR) is 82.2 cm³/mol. The molecule has 0 saturated heterocycles. The van der Waals surface area contributed by atoms with Crippen molar-refractivity contribution in [1.82, 2.24) is 0 Å². The van der Waals surface area contributed by atoms with Gasteiger partial charge in [0, 0.05) is 16.1 Å². The van der Waals surface area contributed by atoms with Crippen LogP contribution in [0.5, 0.6) is 5.75 Å². The number of halogens is 2. The molecule has 0 heterocycles. The summed E-state index contributed by atoms with van der Waals surface area (Å²) in [5, 5.41) is 0. The molecule has 0 aliphatic carbocycles. The number of hydrogen-bond donors (Lipinski definition) is 1. The molecule has 1 atom stereocenters. The van der Waals surface area contributed by atoms with Gasteiger partial charge in [0.1, 0.15) is 18.2 Å². The topological polar surface area (TPSA) is 35.2 Å². The van der Waals surface area contributed by atoms with Crippen LogP contribution in [-0.4, -0.2) is 6.04 Å². The van der Waals surface area contributed by atoms with Crippen molar-refractivity contribution in [2.45, 2.75) is 26.0 Å². The number of nitrogens with two attached hydrogens (primary N) is 1. The Balaban J connectivity index is 1.96. The van der Waals surface area contributed by atoms with E-state index in [0.717, 1.165) is 16.6 Å². The SMILES string of the molecule is CC(N)Cc1ccc(OCc2ccc(Br)cc2F)cc1. The second kappa shape index (κ2) is 6.86. The van der Waals surface area contributed by atoms with Crippen molar-refractivity contribution in [3.05, 3.63) is 63.9 Å². The van der Waals surface area contributed by atoms with Gasteiger partial charge in [-0.2, -0.15) is 0 Å². The van der Waals surface area contributed by atoms with Crippen LogP contribution in [0, 0.1) is 5.82 Å². The fourth-order valence-corrected chi connectivity index (χ4v) is 2.23. The van der Waals surface area contributed by atoms with Gasteiger partial charge in [-0.25, -0.2) is 4.39 Å². The molecule has 0 fully saturated rings.